The summed E-state index contributed by atoms with van der Waals surface area (Å²) < 4.78 is 11.7. The molecule has 2 aliphatic heterocycles. The maximum atomic E-state index is 11.4. The van der Waals surface area contributed by atoms with Crippen molar-refractivity contribution in [3.8, 4) is 0 Å². The van der Waals surface area contributed by atoms with Crippen molar-refractivity contribution >= 4 is 0 Å². The first kappa shape index (κ1) is 17.2. The van der Waals surface area contributed by atoms with Crippen LogP contribution in [-0.4, -0.2) is 36.1 Å². The Balaban J connectivity index is 2.11. The van der Waals surface area contributed by atoms with E-state index in [9.17, 15) is 5.11 Å². The summed E-state index contributed by atoms with van der Waals surface area (Å²) in [6.45, 7) is 11.3. The first-order valence-electron chi connectivity index (χ1n) is 8.79. The Bertz CT molecular complexity index is 303. The highest BCUT2D eigenvalue weighted by molar-refractivity contribution is 4.97. The summed E-state index contributed by atoms with van der Waals surface area (Å²) in [5, 5.41) is 11.4. The molecular weight excluding hydrogens is 264 g/mol. The van der Waals surface area contributed by atoms with E-state index < -0.39 is 5.60 Å². The zero-order valence-corrected chi connectivity index (χ0v) is 14.4. The minimum atomic E-state index is -0.530. The van der Waals surface area contributed by atoms with E-state index >= 15 is 0 Å². The van der Waals surface area contributed by atoms with Gasteiger partial charge in [-0.1, -0.05) is 27.7 Å². The van der Waals surface area contributed by atoms with Crippen molar-refractivity contribution in [1.82, 2.24) is 0 Å². The van der Waals surface area contributed by atoms with Crippen LogP contribution >= 0.6 is 0 Å². The van der Waals surface area contributed by atoms with Gasteiger partial charge in [-0.05, 0) is 56.3 Å². The Kier molecular flexibility index (Phi) is 5.72. The van der Waals surface area contributed by atoms with Gasteiger partial charge in [0.1, 0.15) is 0 Å². The molecule has 3 nitrogen and oxygen atoms in total. The van der Waals surface area contributed by atoms with Crippen molar-refractivity contribution in [3.05, 3.63) is 0 Å². The summed E-state index contributed by atoms with van der Waals surface area (Å²) in [5.41, 5.74) is -0.555. The van der Waals surface area contributed by atoms with E-state index in [-0.39, 0.29) is 5.60 Å². The van der Waals surface area contributed by atoms with Crippen LogP contribution in [-0.2, 0) is 9.47 Å². The normalized spacial score (nSPS) is 26.7. The molecule has 124 valence electrons. The minimum absolute atomic E-state index is 0.0247. The smallest absolute Gasteiger partial charge is 0.0730 e. The SMILES string of the molecule is CC(C)CC(O)(CC(C)C)C1CCOC2(CCOCC2)C1. The maximum Gasteiger partial charge on any atom is 0.0730 e. The van der Waals surface area contributed by atoms with Gasteiger partial charge in [0.25, 0.3) is 0 Å². The third kappa shape index (κ3) is 4.43. The first-order chi connectivity index (χ1) is 9.85. The second-order valence-electron chi connectivity index (χ2n) is 8.13. The van der Waals surface area contributed by atoms with Gasteiger partial charge in [-0.15, -0.1) is 0 Å². The van der Waals surface area contributed by atoms with E-state index in [1.165, 1.54) is 0 Å². The molecule has 1 spiro atoms. The average Bonchev–Trinajstić information content (AvgIpc) is 2.37. The molecule has 2 rings (SSSR count). The molecule has 2 aliphatic rings. The highest BCUT2D eigenvalue weighted by atomic mass is 16.5. The third-order valence-corrected chi connectivity index (χ3v) is 5.18. The van der Waals surface area contributed by atoms with Crippen molar-refractivity contribution < 1.29 is 14.6 Å². The Morgan fingerprint density at radius 3 is 2.14 bits per heavy atom. The van der Waals surface area contributed by atoms with Crippen LogP contribution in [0.1, 0.15) is 66.2 Å². The highest BCUT2D eigenvalue weighted by Crippen LogP contribution is 2.45. The molecule has 21 heavy (non-hydrogen) atoms. The van der Waals surface area contributed by atoms with Crippen LogP contribution in [0.4, 0.5) is 0 Å². The molecule has 1 atom stereocenters. The fraction of sp³-hybridized carbons (Fsp3) is 1.00. The lowest BCUT2D eigenvalue weighted by Gasteiger charge is -2.49. The van der Waals surface area contributed by atoms with Crippen molar-refractivity contribution in [3.63, 3.8) is 0 Å². The highest BCUT2D eigenvalue weighted by Gasteiger charge is 2.46. The van der Waals surface area contributed by atoms with Crippen LogP contribution in [0, 0.1) is 17.8 Å². The molecule has 0 bridgehead atoms. The predicted octanol–water partition coefficient (Wildman–Crippen LogP) is 3.79. The van der Waals surface area contributed by atoms with E-state index in [2.05, 4.69) is 27.7 Å². The van der Waals surface area contributed by atoms with Crippen molar-refractivity contribution in [2.75, 3.05) is 19.8 Å². The molecule has 0 aromatic carbocycles. The van der Waals surface area contributed by atoms with E-state index in [0.29, 0.717) is 17.8 Å². The van der Waals surface area contributed by atoms with Gasteiger partial charge in [-0.2, -0.15) is 0 Å². The summed E-state index contributed by atoms with van der Waals surface area (Å²) in [5.74, 6) is 1.43. The second kappa shape index (κ2) is 6.97. The van der Waals surface area contributed by atoms with Crippen molar-refractivity contribution in [2.45, 2.75) is 77.4 Å². The van der Waals surface area contributed by atoms with Crippen LogP contribution < -0.4 is 0 Å². The molecular formula is C18H34O3. The molecule has 0 saturated carbocycles. The first-order valence-corrected chi connectivity index (χ1v) is 8.79. The van der Waals surface area contributed by atoms with E-state index in [1.807, 2.05) is 0 Å². The molecule has 3 heteroatoms. The zero-order chi connectivity index (χ0) is 15.5. The molecule has 0 aromatic rings. The fourth-order valence-corrected chi connectivity index (χ4v) is 4.41. The monoisotopic (exact) mass is 298 g/mol. The molecule has 0 aromatic heterocycles. The minimum Gasteiger partial charge on any atom is -0.390 e. The predicted molar refractivity (Wildman–Crippen MR) is 85.3 cm³/mol. The standard InChI is InChI=1S/C18H34O3/c1-14(2)11-18(19,12-15(3)4)16-5-8-21-17(13-16)6-9-20-10-7-17/h14-16,19H,5-13H2,1-4H3. The van der Waals surface area contributed by atoms with Gasteiger partial charge in [0.05, 0.1) is 11.2 Å². The third-order valence-electron chi connectivity index (χ3n) is 5.18. The number of aliphatic hydroxyl groups is 1. The summed E-state index contributed by atoms with van der Waals surface area (Å²) in [6.07, 6.45) is 5.79. The molecule has 0 aliphatic carbocycles. The molecule has 2 heterocycles. The molecule has 2 saturated heterocycles. The topological polar surface area (TPSA) is 38.7 Å². The Morgan fingerprint density at radius 2 is 1.62 bits per heavy atom. The molecule has 2 fully saturated rings. The van der Waals surface area contributed by atoms with E-state index in [4.69, 9.17) is 9.47 Å². The van der Waals surface area contributed by atoms with Gasteiger partial charge in [-0.3, -0.25) is 0 Å². The van der Waals surface area contributed by atoms with Gasteiger partial charge >= 0.3 is 0 Å². The lowest BCUT2D eigenvalue weighted by Crippen LogP contribution is -2.51. The lowest BCUT2D eigenvalue weighted by molar-refractivity contribution is -0.180. The van der Waals surface area contributed by atoms with E-state index in [1.54, 1.807) is 0 Å². The Hall–Kier alpha value is -0.120. The van der Waals surface area contributed by atoms with Crippen LogP contribution in [0.3, 0.4) is 0 Å². The zero-order valence-electron chi connectivity index (χ0n) is 14.4. The number of rotatable bonds is 5. The van der Waals surface area contributed by atoms with Crippen molar-refractivity contribution in [1.29, 1.82) is 0 Å². The Morgan fingerprint density at radius 1 is 1.05 bits per heavy atom. The van der Waals surface area contributed by atoms with E-state index in [0.717, 1.165) is 58.3 Å². The summed E-state index contributed by atoms with van der Waals surface area (Å²) in [6, 6.07) is 0. The van der Waals surface area contributed by atoms with Gasteiger partial charge in [-0.25, -0.2) is 0 Å². The summed E-state index contributed by atoms with van der Waals surface area (Å²) in [7, 11) is 0. The maximum absolute atomic E-state index is 11.4. The molecule has 1 unspecified atom stereocenters. The molecule has 1 N–H and O–H groups in total. The quantitative estimate of drug-likeness (QED) is 0.839. The Labute approximate surface area is 130 Å². The lowest BCUT2D eigenvalue weighted by atomic mass is 9.68. The van der Waals surface area contributed by atoms with Crippen molar-refractivity contribution in [2.24, 2.45) is 17.8 Å². The average molecular weight is 298 g/mol. The molecule has 0 radical (unpaired) electrons. The number of hydrogen-bond donors (Lipinski definition) is 1. The van der Waals surface area contributed by atoms with Gasteiger partial charge in [0.2, 0.25) is 0 Å². The largest absolute Gasteiger partial charge is 0.390 e. The second-order valence-corrected chi connectivity index (χ2v) is 8.13. The molecule has 0 amide bonds. The van der Waals surface area contributed by atoms with Crippen LogP contribution in [0.5, 0.6) is 0 Å². The van der Waals surface area contributed by atoms with Crippen LogP contribution in [0.25, 0.3) is 0 Å². The van der Waals surface area contributed by atoms with Gasteiger partial charge < -0.3 is 14.6 Å². The summed E-state index contributed by atoms with van der Waals surface area (Å²) >= 11 is 0. The van der Waals surface area contributed by atoms with Gasteiger partial charge in [0.15, 0.2) is 0 Å². The summed E-state index contributed by atoms with van der Waals surface area (Å²) in [4.78, 5) is 0. The number of ether oxygens (including phenoxy) is 2. The fourth-order valence-electron chi connectivity index (χ4n) is 4.41. The van der Waals surface area contributed by atoms with Gasteiger partial charge in [0, 0.05) is 19.8 Å². The number of hydrogen-bond acceptors (Lipinski definition) is 3. The van der Waals surface area contributed by atoms with Crippen LogP contribution in [0.2, 0.25) is 0 Å². The van der Waals surface area contributed by atoms with Crippen LogP contribution in [0.15, 0.2) is 0 Å².